The van der Waals surface area contributed by atoms with Gasteiger partial charge in [-0.05, 0) is 61.5 Å². The van der Waals surface area contributed by atoms with E-state index in [1.807, 2.05) is 30.6 Å². The second-order valence-corrected chi connectivity index (χ2v) is 7.81. The number of aromatic nitrogens is 3. The molecule has 3 atom stereocenters. The summed E-state index contributed by atoms with van der Waals surface area (Å²) in [4.78, 5) is 11.2. The normalized spacial score (nSPS) is 24.1. The highest BCUT2D eigenvalue weighted by molar-refractivity contribution is 7.80. The lowest BCUT2D eigenvalue weighted by Crippen LogP contribution is -2.36. The minimum absolute atomic E-state index is 0.0109. The molecule has 6 nitrogen and oxygen atoms in total. The number of ether oxygens (including phenoxy) is 1. The number of nitrogens with one attached hydrogen (secondary N) is 1. The highest BCUT2D eigenvalue weighted by atomic mass is 32.1. The summed E-state index contributed by atoms with van der Waals surface area (Å²) in [6.07, 6.45) is 9.97. The molecule has 0 aliphatic carbocycles. The van der Waals surface area contributed by atoms with Crippen LogP contribution in [0, 0.1) is 0 Å². The van der Waals surface area contributed by atoms with Crippen LogP contribution in [0.2, 0.25) is 0 Å². The maximum Gasteiger partial charge on any atom is 0.170 e. The zero-order chi connectivity index (χ0) is 19.6. The smallest absolute Gasteiger partial charge is 0.170 e. The van der Waals surface area contributed by atoms with Gasteiger partial charge in [-0.2, -0.15) is 0 Å². The van der Waals surface area contributed by atoms with Crippen molar-refractivity contribution < 1.29 is 4.74 Å². The SMILES string of the molecule is S=C1NC(c2ccccn2)C(c2cccn2-c2cccnc2)N1CC1CCCO1. The van der Waals surface area contributed by atoms with Crippen LogP contribution in [0.1, 0.15) is 36.3 Å². The van der Waals surface area contributed by atoms with Gasteiger partial charge in [0.1, 0.15) is 0 Å². The van der Waals surface area contributed by atoms with Crippen LogP contribution in [0.4, 0.5) is 0 Å². The largest absolute Gasteiger partial charge is 0.376 e. The summed E-state index contributed by atoms with van der Waals surface area (Å²) in [6.45, 7) is 1.61. The molecule has 0 radical (unpaired) electrons. The van der Waals surface area contributed by atoms with Crippen molar-refractivity contribution in [3.63, 3.8) is 0 Å². The van der Waals surface area contributed by atoms with Crippen LogP contribution in [0.3, 0.4) is 0 Å². The van der Waals surface area contributed by atoms with Crippen LogP contribution in [0.25, 0.3) is 5.69 Å². The molecule has 0 spiro atoms. The third-order valence-electron chi connectivity index (χ3n) is 5.63. The van der Waals surface area contributed by atoms with Gasteiger partial charge in [-0.1, -0.05) is 6.07 Å². The topological polar surface area (TPSA) is 55.2 Å². The Hall–Kier alpha value is -2.77. The van der Waals surface area contributed by atoms with Gasteiger partial charge in [-0.25, -0.2) is 0 Å². The number of thiocarbonyl (C=S) groups is 1. The average molecular weight is 406 g/mol. The van der Waals surface area contributed by atoms with Crippen LogP contribution < -0.4 is 5.32 Å². The molecular weight excluding hydrogens is 382 g/mol. The fourth-order valence-electron chi connectivity index (χ4n) is 4.30. The van der Waals surface area contributed by atoms with Crippen LogP contribution >= 0.6 is 12.2 Å². The summed E-state index contributed by atoms with van der Waals surface area (Å²) in [6, 6.07) is 14.2. The Bertz CT molecular complexity index is 971. The molecular formula is C22H23N5OS. The van der Waals surface area contributed by atoms with E-state index in [2.05, 4.69) is 55.2 Å². The van der Waals surface area contributed by atoms with E-state index in [4.69, 9.17) is 17.0 Å². The first-order valence-corrected chi connectivity index (χ1v) is 10.4. The molecule has 3 aromatic heterocycles. The van der Waals surface area contributed by atoms with Gasteiger partial charge in [0.25, 0.3) is 0 Å². The first-order chi connectivity index (χ1) is 14.3. The zero-order valence-electron chi connectivity index (χ0n) is 16.0. The molecule has 0 aromatic carbocycles. The number of hydrogen-bond donors (Lipinski definition) is 1. The van der Waals surface area contributed by atoms with E-state index in [-0.39, 0.29) is 18.2 Å². The number of pyridine rings is 2. The number of hydrogen-bond acceptors (Lipinski definition) is 4. The van der Waals surface area contributed by atoms with Gasteiger partial charge in [0.05, 0.1) is 35.8 Å². The summed E-state index contributed by atoms with van der Waals surface area (Å²) in [5.74, 6) is 0. The molecule has 2 saturated heterocycles. The van der Waals surface area contributed by atoms with Gasteiger partial charge in [0.2, 0.25) is 0 Å². The predicted molar refractivity (Wildman–Crippen MR) is 115 cm³/mol. The van der Waals surface area contributed by atoms with Crippen molar-refractivity contribution in [3.8, 4) is 5.69 Å². The molecule has 0 bridgehead atoms. The molecule has 1 N–H and O–H groups in total. The quantitative estimate of drug-likeness (QED) is 0.657. The van der Waals surface area contributed by atoms with Crippen molar-refractivity contribution in [1.82, 2.24) is 24.8 Å². The maximum atomic E-state index is 5.92. The molecule has 5 rings (SSSR count). The van der Waals surface area contributed by atoms with Crippen molar-refractivity contribution >= 4 is 17.3 Å². The molecule has 29 heavy (non-hydrogen) atoms. The number of nitrogens with zero attached hydrogens (tertiary/aromatic N) is 4. The molecule has 0 amide bonds. The van der Waals surface area contributed by atoms with E-state index in [1.54, 1.807) is 6.20 Å². The van der Waals surface area contributed by atoms with Gasteiger partial charge < -0.3 is 19.5 Å². The van der Waals surface area contributed by atoms with E-state index in [9.17, 15) is 0 Å². The Kier molecular flexibility index (Phi) is 4.99. The lowest BCUT2D eigenvalue weighted by Gasteiger charge is -2.30. The van der Waals surface area contributed by atoms with Gasteiger partial charge in [0, 0.05) is 37.4 Å². The van der Waals surface area contributed by atoms with E-state index in [0.717, 1.165) is 48.2 Å². The Morgan fingerprint density at radius 3 is 2.86 bits per heavy atom. The fourth-order valence-corrected chi connectivity index (χ4v) is 4.61. The van der Waals surface area contributed by atoms with Gasteiger partial charge in [-0.15, -0.1) is 0 Å². The second kappa shape index (κ2) is 7.93. The van der Waals surface area contributed by atoms with E-state index in [0.29, 0.717) is 0 Å². The monoisotopic (exact) mass is 405 g/mol. The van der Waals surface area contributed by atoms with Gasteiger partial charge in [0.15, 0.2) is 5.11 Å². The predicted octanol–water partition coefficient (Wildman–Crippen LogP) is 3.42. The molecule has 2 fully saturated rings. The summed E-state index contributed by atoms with van der Waals surface area (Å²) >= 11 is 5.77. The average Bonchev–Trinajstić information content (AvgIpc) is 3.51. The van der Waals surface area contributed by atoms with E-state index < -0.39 is 0 Å². The Morgan fingerprint density at radius 2 is 2.10 bits per heavy atom. The van der Waals surface area contributed by atoms with Crippen LogP contribution in [-0.4, -0.2) is 43.8 Å². The molecule has 3 unspecified atom stereocenters. The summed E-state index contributed by atoms with van der Waals surface area (Å²) in [5, 5.41) is 4.27. The van der Waals surface area contributed by atoms with Crippen molar-refractivity contribution in [2.75, 3.05) is 13.2 Å². The highest BCUT2D eigenvalue weighted by Gasteiger charge is 2.42. The van der Waals surface area contributed by atoms with Crippen molar-refractivity contribution in [2.45, 2.75) is 31.0 Å². The van der Waals surface area contributed by atoms with Crippen LogP contribution in [-0.2, 0) is 4.74 Å². The standard InChI is InChI=1S/C22H23N5OS/c29-22-25-20(18-8-1-2-11-24-18)21(27(22)15-17-7-5-13-28-17)19-9-4-12-26(19)16-6-3-10-23-14-16/h1-4,6,8-12,14,17,20-21H,5,7,13,15H2,(H,25,29). The third kappa shape index (κ3) is 3.52. The summed E-state index contributed by atoms with van der Waals surface area (Å²) in [7, 11) is 0. The lowest BCUT2D eigenvalue weighted by molar-refractivity contribution is 0.0836. The molecule has 2 aliphatic heterocycles. The van der Waals surface area contributed by atoms with Gasteiger partial charge in [-0.3, -0.25) is 9.97 Å². The maximum absolute atomic E-state index is 5.92. The lowest BCUT2D eigenvalue weighted by atomic mass is 10.0. The van der Waals surface area contributed by atoms with Crippen molar-refractivity contribution in [1.29, 1.82) is 0 Å². The van der Waals surface area contributed by atoms with Gasteiger partial charge >= 0.3 is 0 Å². The van der Waals surface area contributed by atoms with E-state index >= 15 is 0 Å². The Labute approximate surface area is 175 Å². The minimum atomic E-state index is -0.0320. The molecule has 0 saturated carbocycles. The molecule has 3 aromatic rings. The third-order valence-corrected chi connectivity index (χ3v) is 5.98. The van der Waals surface area contributed by atoms with Crippen molar-refractivity contribution in [3.05, 3.63) is 78.6 Å². The first kappa shape index (κ1) is 18.3. The molecule has 148 valence electrons. The zero-order valence-corrected chi connectivity index (χ0v) is 16.8. The molecule has 7 heteroatoms. The Morgan fingerprint density at radius 1 is 1.14 bits per heavy atom. The van der Waals surface area contributed by atoms with E-state index in [1.165, 1.54) is 0 Å². The Balaban J connectivity index is 1.57. The fraction of sp³-hybridized carbons (Fsp3) is 0.318. The number of rotatable bonds is 5. The summed E-state index contributed by atoms with van der Waals surface area (Å²) < 4.78 is 8.11. The van der Waals surface area contributed by atoms with Crippen LogP contribution in [0.15, 0.2) is 67.3 Å². The second-order valence-electron chi connectivity index (χ2n) is 7.43. The van der Waals surface area contributed by atoms with Crippen LogP contribution in [0.5, 0.6) is 0 Å². The van der Waals surface area contributed by atoms with Crippen molar-refractivity contribution in [2.24, 2.45) is 0 Å². The molecule has 2 aliphatic rings. The molecule has 5 heterocycles. The highest BCUT2D eigenvalue weighted by Crippen LogP contribution is 2.40. The first-order valence-electron chi connectivity index (χ1n) is 9.98. The summed E-state index contributed by atoms with van der Waals surface area (Å²) in [5.41, 5.74) is 3.16. The minimum Gasteiger partial charge on any atom is -0.376 e.